The third kappa shape index (κ3) is 3.92. The minimum absolute atomic E-state index is 0.0106. The molecule has 7 heteroatoms. The summed E-state index contributed by atoms with van der Waals surface area (Å²) in [6.07, 6.45) is -0.0106. The molecular weight excluding hydrogens is 388 g/mol. The zero-order valence-corrected chi connectivity index (χ0v) is 16.1. The van der Waals surface area contributed by atoms with Crippen LogP contribution in [0, 0.1) is 11.6 Å². The Morgan fingerprint density at radius 3 is 2.46 bits per heavy atom. The molecule has 0 unspecified atom stereocenters. The number of carbonyl (C=O) groups excluding carboxylic acids is 2. The van der Waals surface area contributed by atoms with Gasteiger partial charge in [0.25, 0.3) is 0 Å². The van der Waals surface area contributed by atoms with Crippen molar-refractivity contribution in [2.24, 2.45) is 0 Å². The van der Waals surface area contributed by atoms with Gasteiger partial charge in [-0.25, -0.2) is 13.6 Å². The molecule has 0 aromatic heterocycles. The summed E-state index contributed by atoms with van der Waals surface area (Å²) in [7, 11) is 1.26. The number of halogens is 3. The Morgan fingerprint density at radius 1 is 1.21 bits per heavy atom. The molecule has 1 atom stereocenters. The fraction of sp³-hybridized carbons (Fsp3) is 0.238. The summed E-state index contributed by atoms with van der Waals surface area (Å²) in [6, 6.07) is 10.1. The van der Waals surface area contributed by atoms with Gasteiger partial charge < -0.3 is 9.64 Å². The number of benzene rings is 2. The maximum absolute atomic E-state index is 13.5. The minimum atomic E-state index is -0.733. The van der Waals surface area contributed by atoms with Gasteiger partial charge >= 0.3 is 5.97 Å². The van der Waals surface area contributed by atoms with Gasteiger partial charge in [0.05, 0.1) is 19.2 Å². The van der Waals surface area contributed by atoms with E-state index < -0.39 is 23.5 Å². The highest BCUT2D eigenvalue weighted by Gasteiger charge is 2.37. The average molecular weight is 406 g/mol. The van der Waals surface area contributed by atoms with Gasteiger partial charge in [0.1, 0.15) is 11.6 Å². The molecule has 3 rings (SSSR count). The van der Waals surface area contributed by atoms with Crippen LogP contribution in [0.5, 0.6) is 0 Å². The van der Waals surface area contributed by atoms with Crippen LogP contribution in [0.25, 0.3) is 0 Å². The molecule has 1 aliphatic heterocycles. The molecule has 0 saturated heterocycles. The van der Waals surface area contributed by atoms with Crippen LogP contribution in [0.4, 0.5) is 8.78 Å². The van der Waals surface area contributed by atoms with Gasteiger partial charge in [-0.3, -0.25) is 4.79 Å². The predicted octanol–water partition coefficient (Wildman–Crippen LogP) is 4.58. The van der Waals surface area contributed by atoms with Crippen LogP contribution < -0.4 is 0 Å². The quantitative estimate of drug-likeness (QED) is 0.699. The summed E-state index contributed by atoms with van der Waals surface area (Å²) >= 11 is 6.28. The van der Waals surface area contributed by atoms with Crippen molar-refractivity contribution in [1.29, 1.82) is 0 Å². The number of carbonyl (C=O) groups is 2. The number of rotatable bonds is 4. The standard InChI is InChI=1S/C21H18ClF2NO3/c1-12-20(21(27)28-2)17(16-5-3-4-6-18(16)22)10-19(26)25(12)11-13-7-14(23)9-15(24)8-13/h3-9,17H,10-11H2,1-2H3/t17-/m1/s1. The predicted molar refractivity (Wildman–Crippen MR) is 100 cm³/mol. The number of hydrogen-bond acceptors (Lipinski definition) is 3. The van der Waals surface area contributed by atoms with E-state index in [1.165, 1.54) is 12.0 Å². The second-order valence-electron chi connectivity index (χ2n) is 6.53. The van der Waals surface area contributed by atoms with Crippen molar-refractivity contribution in [2.45, 2.75) is 25.8 Å². The maximum Gasteiger partial charge on any atom is 0.336 e. The van der Waals surface area contributed by atoms with Crippen LogP contribution in [-0.2, 0) is 20.9 Å². The van der Waals surface area contributed by atoms with Crippen LogP contribution in [0.3, 0.4) is 0 Å². The van der Waals surface area contributed by atoms with E-state index in [0.29, 0.717) is 21.9 Å². The van der Waals surface area contributed by atoms with Crippen molar-refractivity contribution in [3.8, 4) is 0 Å². The molecule has 0 aliphatic carbocycles. The van der Waals surface area contributed by atoms with E-state index in [1.54, 1.807) is 31.2 Å². The first-order chi connectivity index (χ1) is 13.3. The summed E-state index contributed by atoms with van der Waals surface area (Å²) in [5.74, 6) is -2.88. The zero-order valence-electron chi connectivity index (χ0n) is 15.3. The number of hydrogen-bond donors (Lipinski definition) is 0. The van der Waals surface area contributed by atoms with Gasteiger partial charge in [-0.2, -0.15) is 0 Å². The number of esters is 1. The van der Waals surface area contributed by atoms with Gasteiger partial charge in [0, 0.05) is 29.1 Å². The molecule has 1 aliphatic rings. The molecule has 1 amide bonds. The molecule has 0 bridgehead atoms. The van der Waals surface area contributed by atoms with Gasteiger partial charge in [-0.15, -0.1) is 0 Å². The third-order valence-electron chi connectivity index (χ3n) is 4.77. The van der Waals surface area contributed by atoms with Gasteiger partial charge in [0.15, 0.2) is 0 Å². The molecule has 146 valence electrons. The minimum Gasteiger partial charge on any atom is -0.466 e. The Bertz CT molecular complexity index is 954. The number of allylic oxidation sites excluding steroid dienone is 1. The number of amides is 1. The van der Waals surface area contributed by atoms with Crippen molar-refractivity contribution < 1.29 is 23.1 Å². The highest BCUT2D eigenvalue weighted by atomic mass is 35.5. The normalized spacial score (nSPS) is 17.1. The second kappa shape index (κ2) is 8.10. The largest absolute Gasteiger partial charge is 0.466 e. The Morgan fingerprint density at radius 2 is 1.86 bits per heavy atom. The maximum atomic E-state index is 13.5. The summed E-state index contributed by atoms with van der Waals surface area (Å²) < 4.78 is 32.0. The van der Waals surface area contributed by atoms with Gasteiger partial charge in [-0.1, -0.05) is 29.8 Å². The lowest BCUT2D eigenvalue weighted by Crippen LogP contribution is -2.38. The molecular formula is C21H18ClF2NO3. The Kier molecular flexibility index (Phi) is 5.79. The molecule has 4 nitrogen and oxygen atoms in total. The molecule has 1 heterocycles. The first-order valence-electron chi connectivity index (χ1n) is 8.60. The first-order valence-corrected chi connectivity index (χ1v) is 8.98. The molecule has 0 spiro atoms. The van der Waals surface area contributed by atoms with Crippen molar-refractivity contribution in [3.05, 3.63) is 81.5 Å². The van der Waals surface area contributed by atoms with Crippen LogP contribution in [-0.4, -0.2) is 23.9 Å². The van der Waals surface area contributed by atoms with E-state index in [0.717, 1.165) is 18.2 Å². The van der Waals surface area contributed by atoms with E-state index in [2.05, 4.69) is 0 Å². The van der Waals surface area contributed by atoms with E-state index >= 15 is 0 Å². The highest BCUT2D eigenvalue weighted by molar-refractivity contribution is 6.31. The highest BCUT2D eigenvalue weighted by Crippen LogP contribution is 2.40. The van der Waals surface area contributed by atoms with Crippen LogP contribution >= 0.6 is 11.6 Å². The van der Waals surface area contributed by atoms with Crippen molar-refractivity contribution in [3.63, 3.8) is 0 Å². The van der Waals surface area contributed by atoms with Crippen molar-refractivity contribution in [2.75, 3.05) is 7.11 Å². The lowest BCUT2D eigenvalue weighted by atomic mass is 9.83. The molecule has 2 aromatic rings. The lowest BCUT2D eigenvalue weighted by molar-refractivity contribution is -0.138. The van der Waals surface area contributed by atoms with E-state index in [-0.39, 0.29) is 24.4 Å². The fourth-order valence-electron chi connectivity index (χ4n) is 3.49. The monoisotopic (exact) mass is 405 g/mol. The van der Waals surface area contributed by atoms with Crippen molar-refractivity contribution >= 4 is 23.5 Å². The van der Waals surface area contributed by atoms with E-state index in [9.17, 15) is 18.4 Å². The van der Waals surface area contributed by atoms with Crippen LogP contribution in [0.1, 0.15) is 30.4 Å². The fourth-order valence-corrected chi connectivity index (χ4v) is 3.75. The number of nitrogens with zero attached hydrogens (tertiary/aromatic N) is 1. The Labute approximate surface area is 166 Å². The smallest absolute Gasteiger partial charge is 0.336 e. The Balaban J connectivity index is 2.06. The third-order valence-corrected chi connectivity index (χ3v) is 5.12. The summed E-state index contributed by atoms with van der Waals surface area (Å²) in [5, 5.41) is 0.440. The summed E-state index contributed by atoms with van der Waals surface area (Å²) in [5.41, 5.74) is 1.60. The number of methoxy groups -OCH3 is 1. The molecule has 0 radical (unpaired) electrons. The van der Waals surface area contributed by atoms with Crippen LogP contribution in [0.2, 0.25) is 5.02 Å². The Hall–Kier alpha value is -2.73. The molecule has 2 aromatic carbocycles. The molecule has 0 saturated carbocycles. The summed E-state index contributed by atoms with van der Waals surface area (Å²) in [4.78, 5) is 26.7. The molecule has 28 heavy (non-hydrogen) atoms. The van der Waals surface area contributed by atoms with Gasteiger partial charge in [0.2, 0.25) is 5.91 Å². The first kappa shape index (κ1) is 20.0. The molecule has 0 N–H and O–H groups in total. The summed E-state index contributed by atoms with van der Waals surface area (Å²) in [6.45, 7) is 1.55. The van der Waals surface area contributed by atoms with Crippen LogP contribution in [0.15, 0.2) is 53.7 Å². The van der Waals surface area contributed by atoms with E-state index in [1.807, 2.05) is 0 Å². The second-order valence-corrected chi connectivity index (χ2v) is 6.93. The average Bonchev–Trinajstić information content (AvgIpc) is 2.64. The lowest BCUT2D eigenvalue weighted by Gasteiger charge is -2.34. The zero-order chi connectivity index (χ0) is 20.4. The number of ether oxygens (including phenoxy) is 1. The van der Waals surface area contributed by atoms with E-state index in [4.69, 9.17) is 16.3 Å². The van der Waals surface area contributed by atoms with Crippen molar-refractivity contribution in [1.82, 2.24) is 4.90 Å². The topological polar surface area (TPSA) is 46.6 Å². The SMILES string of the molecule is COC(=O)C1=C(C)N(Cc2cc(F)cc(F)c2)C(=O)C[C@@H]1c1ccccc1Cl. The van der Waals surface area contributed by atoms with Gasteiger partial charge in [-0.05, 0) is 36.2 Å². The molecule has 0 fully saturated rings.